The molecule has 2 fully saturated rings. The predicted octanol–water partition coefficient (Wildman–Crippen LogP) is 4.34. The maximum absolute atomic E-state index is 13.7. The lowest BCUT2D eigenvalue weighted by Crippen LogP contribution is -2.36. The van der Waals surface area contributed by atoms with E-state index in [1.54, 1.807) is 11.3 Å². The first kappa shape index (κ1) is 19.7. The Balaban J connectivity index is 1.48. The van der Waals surface area contributed by atoms with E-state index < -0.39 is 0 Å². The van der Waals surface area contributed by atoms with E-state index in [4.69, 9.17) is 0 Å². The molecule has 5 heteroatoms. The summed E-state index contributed by atoms with van der Waals surface area (Å²) in [6.45, 7) is 6.16. The van der Waals surface area contributed by atoms with E-state index >= 15 is 0 Å². The lowest BCUT2D eigenvalue weighted by atomic mass is 9.87. The highest BCUT2D eigenvalue weighted by molar-refractivity contribution is 7.20. The molecule has 1 N–H and O–H groups in total. The summed E-state index contributed by atoms with van der Waals surface area (Å²) in [6, 6.07) is 18.9. The fourth-order valence-electron chi connectivity index (χ4n) is 5.37. The second kappa shape index (κ2) is 8.14. The summed E-state index contributed by atoms with van der Waals surface area (Å²) in [5.41, 5.74) is 2.54. The van der Waals surface area contributed by atoms with Crippen LogP contribution in [0.25, 0.3) is 10.1 Å². The van der Waals surface area contributed by atoms with Gasteiger partial charge in [0.15, 0.2) is 0 Å². The van der Waals surface area contributed by atoms with Crippen LogP contribution in [0.15, 0.2) is 54.6 Å². The molecule has 2 aliphatic heterocycles. The third-order valence-electron chi connectivity index (χ3n) is 6.78. The molecule has 0 saturated carbocycles. The van der Waals surface area contributed by atoms with Crippen molar-refractivity contribution in [2.24, 2.45) is 11.8 Å². The minimum absolute atomic E-state index is 0.119. The molecule has 3 atom stereocenters. The number of fused-ring (bicyclic) bond motifs is 2. The Morgan fingerprint density at radius 2 is 1.90 bits per heavy atom. The molecule has 2 aromatic carbocycles. The Morgan fingerprint density at radius 3 is 2.70 bits per heavy atom. The number of thiophene rings is 1. The first-order valence-electron chi connectivity index (χ1n) is 10.8. The second-order valence-corrected chi connectivity index (χ2v) is 9.75. The summed E-state index contributed by atoms with van der Waals surface area (Å²) >= 11 is 1.60. The number of carbonyl (C=O) groups excluding carboxylic acids is 1. The van der Waals surface area contributed by atoms with E-state index in [9.17, 15) is 9.90 Å². The molecular formula is C25H28N2O2S. The summed E-state index contributed by atoms with van der Waals surface area (Å²) in [5.74, 6) is 1.11. The Labute approximate surface area is 181 Å². The van der Waals surface area contributed by atoms with Crippen LogP contribution in [0.3, 0.4) is 0 Å². The maximum Gasteiger partial charge on any atom is 0.264 e. The lowest BCUT2D eigenvalue weighted by Gasteiger charge is -2.30. The van der Waals surface area contributed by atoms with Gasteiger partial charge in [0.25, 0.3) is 5.91 Å². The topological polar surface area (TPSA) is 43.8 Å². The van der Waals surface area contributed by atoms with E-state index in [2.05, 4.69) is 59.2 Å². The van der Waals surface area contributed by atoms with Gasteiger partial charge in [-0.05, 0) is 47.9 Å². The quantitative estimate of drug-likeness (QED) is 0.668. The van der Waals surface area contributed by atoms with Crippen LogP contribution in [0.5, 0.6) is 0 Å². The van der Waals surface area contributed by atoms with Crippen molar-refractivity contribution in [3.8, 4) is 0 Å². The zero-order chi connectivity index (χ0) is 20.7. The molecule has 3 aromatic rings. The van der Waals surface area contributed by atoms with Gasteiger partial charge in [-0.1, -0.05) is 42.5 Å². The van der Waals surface area contributed by atoms with Crippen molar-refractivity contribution in [3.05, 3.63) is 70.6 Å². The fraction of sp³-hybridized carbons (Fsp3) is 0.400. The van der Waals surface area contributed by atoms with Gasteiger partial charge in [0.1, 0.15) is 0 Å². The number of rotatable bonds is 5. The van der Waals surface area contributed by atoms with Crippen LogP contribution in [-0.2, 0) is 0 Å². The van der Waals surface area contributed by atoms with E-state index in [0.717, 1.165) is 42.9 Å². The average Bonchev–Trinajstić information content (AvgIpc) is 3.44. The number of benzene rings is 2. The van der Waals surface area contributed by atoms with Crippen LogP contribution in [0.1, 0.15) is 33.3 Å². The number of carbonyl (C=O) groups is 1. The molecule has 0 unspecified atom stereocenters. The van der Waals surface area contributed by atoms with E-state index in [1.165, 1.54) is 15.8 Å². The number of hydrogen-bond donors (Lipinski definition) is 1. The number of amides is 1. The van der Waals surface area contributed by atoms with Crippen molar-refractivity contribution >= 4 is 27.3 Å². The smallest absolute Gasteiger partial charge is 0.264 e. The normalized spacial score (nSPS) is 23.9. The number of nitrogens with zero attached hydrogens (tertiary/aromatic N) is 2. The third-order valence-corrected chi connectivity index (χ3v) is 7.88. The molecule has 0 aliphatic carbocycles. The Hall–Kier alpha value is -2.21. The van der Waals surface area contributed by atoms with Crippen LogP contribution < -0.4 is 0 Å². The summed E-state index contributed by atoms with van der Waals surface area (Å²) in [7, 11) is 0. The molecule has 0 radical (unpaired) electrons. The monoisotopic (exact) mass is 420 g/mol. The zero-order valence-electron chi connectivity index (χ0n) is 17.3. The van der Waals surface area contributed by atoms with Crippen LogP contribution in [0.2, 0.25) is 0 Å². The molecule has 0 bridgehead atoms. The highest BCUT2D eigenvalue weighted by Gasteiger charge is 2.49. The summed E-state index contributed by atoms with van der Waals surface area (Å²) in [5, 5.41) is 10.4. The van der Waals surface area contributed by atoms with Gasteiger partial charge in [0, 0.05) is 43.4 Å². The number of likely N-dealkylation sites (tertiary alicyclic amines) is 2. The van der Waals surface area contributed by atoms with Crippen LogP contribution in [0.4, 0.5) is 0 Å². The number of aliphatic hydroxyl groups excluding tert-OH is 1. The van der Waals surface area contributed by atoms with Crippen molar-refractivity contribution in [1.29, 1.82) is 0 Å². The van der Waals surface area contributed by atoms with Gasteiger partial charge >= 0.3 is 0 Å². The van der Waals surface area contributed by atoms with Gasteiger partial charge in [-0.2, -0.15) is 0 Å². The van der Waals surface area contributed by atoms with Crippen LogP contribution >= 0.6 is 11.3 Å². The highest BCUT2D eigenvalue weighted by Crippen LogP contribution is 2.46. The summed E-state index contributed by atoms with van der Waals surface area (Å²) in [4.78, 5) is 19.1. The van der Waals surface area contributed by atoms with Gasteiger partial charge in [0.05, 0.1) is 10.9 Å². The van der Waals surface area contributed by atoms with Gasteiger partial charge < -0.3 is 14.9 Å². The van der Waals surface area contributed by atoms with Crippen molar-refractivity contribution in [2.75, 3.05) is 32.8 Å². The van der Waals surface area contributed by atoms with Gasteiger partial charge in [0.2, 0.25) is 0 Å². The van der Waals surface area contributed by atoms with Gasteiger partial charge in [-0.15, -0.1) is 11.3 Å². The number of hydrogen-bond acceptors (Lipinski definition) is 4. The van der Waals surface area contributed by atoms with Crippen LogP contribution in [0, 0.1) is 18.8 Å². The highest BCUT2D eigenvalue weighted by atomic mass is 32.1. The first-order chi connectivity index (χ1) is 14.7. The van der Waals surface area contributed by atoms with Gasteiger partial charge in [-0.3, -0.25) is 4.79 Å². The van der Waals surface area contributed by atoms with E-state index in [0.29, 0.717) is 11.8 Å². The van der Waals surface area contributed by atoms with E-state index in [1.807, 2.05) is 12.1 Å². The second-order valence-electron chi connectivity index (χ2n) is 8.67. The minimum atomic E-state index is 0.119. The van der Waals surface area contributed by atoms with Crippen LogP contribution in [-0.4, -0.2) is 53.6 Å². The molecule has 156 valence electrons. The molecule has 2 saturated heterocycles. The molecule has 4 nitrogen and oxygen atoms in total. The van der Waals surface area contributed by atoms with E-state index in [-0.39, 0.29) is 18.6 Å². The van der Waals surface area contributed by atoms with Gasteiger partial charge in [-0.25, -0.2) is 0 Å². The van der Waals surface area contributed by atoms with Crippen molar-refractivity contribution in [1.82, 2.24) is 9.80 Å². The lowest BCUT2D eigenvalue weighted by molar-refractivity contribution is 0.0705. The Kier molecular flexibility index (Phi) is 5.35. The molecule has 0 spiro atoms. The number of aryl methyl sites for hydroxylation is 1. The first-order valence-corrected chi connectivity index (χ1v) is 11.7. The molecule has 1 aromatic heterocycles. The predicted molar refractivity (Wildman–Crippen MR) is 122 cm³/mol. The maximum atomic E-state index is 13.7. The minimum Gasteiger partial charge on any atom is -0.396 e. The van der Waals surface area contributed by atoms with Crippen molar-refractivity contribution in [2.45, 2.75) is 19.4 Å². The Bertz CT molecular complexity index is 1030. The van der Waals surface area contributed by atoms with Crippen molar-refractivity contribution in [3.63, 3.8) is 0 Å². The zero-order valence-corrected chi connectivity index (χ0v) is 18.1. The largest absolute Gasteiger partial charge is 0.396 e. The Morgan fingerprint density at radius 1 is 1.10 bits per heavy atom. The molecule has 3 heterocycles. The summed E-state index contributed by atoms with van der Waals surface area (Å²) < 4.78 is 1.17. The SMILES string of the molecule is Cc1ccccc1[C@@H]1[C@H]2CN(CCCO)C[C@H]2CN1C(=O)c1cc2ccccc2s1. The molecule has 2 aliphatic rings. The summed E-state index contributed by atoms with van der Waals surface area (Å²) in [6.07, 6.45) is 0.818. The fourth-order valence-corrected chi connectivity index (χ4v) is 6.39. The molecule has 30 heavy (non-hydrogen) atoms. The standard InChI is InChI=1S/C25H28N2O2S/c1-17-7-2-4-9-20(17)24-21-16-26(11-6-12-28)14-19(21)15-27(24)25(29)23-13-18-8-3-5-10-22(18)30-23/h2-5,7-10,13,19,21,24,28H,6,11-12,14-16H2,1H3/t19-,21-,24+/m0/s1. The third kappa shape index (κ3) is 3.45. The average molecular weight is 421 g/mol. The number of aliphatic hydroxyl groups is 1. The molecular weight excluding hydrogens is 392 g/mol. The molecule has 5 rings (SSSR count). The molecule has 1 amide bonds. The van der Waals surface area contributed by atoms with Crippen molar-refractivity contribution < 1.29 is 9.90 Å².